The fourth-order valence-corrected chi connectivity index (χ4v) is 1.91. The summed E-state index contributed by atoms with van der Waals surface area (Å²) >= 11 is 5.95. The van der Waals surface area contributed by atoms with E-state index >= 15 is 0 Å². The molecule has 7 heteroatoms. The number of hydrogen-bond donors (Lipinski definition) is 2. The van der Waals surface area contributed by atoms with E-state index in [0.717, 1.165) is 0 Å². The summed E-state index contributed by atoms with van der Waals surface area (Å²) < 4.78 is 0. The average molecular weight is 243 g/mol. The molecule has 0 amide bonds. The van der Waals surface area contributed by atoms with Crippen molar-refractivity contribution in [3.8, 4) is 0 Å². The fraction of sp³-hybridized carbons (Fsp3) is 0.444. The highest BCUT2D eigenvalue weighted by Crippen LogP contribution is 2.23. The Labute approximate surface area is 97.3 Å². The van der Waals surface area contributed by atoms with Gasteiger partial charge in [-0.1, -0.05) is 11.6 Å². The molecule has 0 spiro atoms. The summed E-state index contributed by atoms with van der Waals surface area (Å²) in [5.41, 5.74) is 0. The first-order chi connectivity index (χ1) is 7.70. The lowest BCUT2D eigenvalue weighted by Gasteiger charge is -2.34. The topological polar surface area (TPSA) is 78.4 Å². The number of carbonyl (C=O) groups is 1. The second kappa shape index (κ2) is 4.63. The van der Waals surface area contributed by atoms with Gasteiger partial charge in [-0.25, -0.2) is 14.8 Å². The van der Waals surface area contributed by atoms with Gasteiger partial charge in [0.25, 0.3) is 0 Å². The Kier molecular flexibility index (Phi) is 3.21. The number of carboxylic acids is 1. The van der Waals surface area contributed by atoms with E-state index in [2.05, 4.69) is 15.3 Å². The van der Waals surface area contributed by atoms with Crippen LogP contribution in [0.15, 0.2) is 12.5 Å². The van der Waals surface area contributed by atoms with Crippen LogP contribution >= 0.6 is 11.6 Å². The number of carboxylic acid groups (broad SMARTS) is 1. The molecule has 1 aliphatic rings. The predicted octanol–water partition coefficient (Wildman–Crippen LogP) is -0.00720. The van der Waals surface area contributed by atoms with Gasteiger partial charge in [0, 0.05) is 19.6 Å². The maximum absolute atomic E-state index is 11.1. The van der Waals surface area contributed by atoms with Crippen LogP contribution in [0.2, 0.25) is 5.02 Å². The molecule has 0 aliphatic carbocycles. The lowest BCUT2D eigenvalue weighted by Crippen LogP contribution is -2.55. The zero-order valence-electron chi connectivity index (χ0n) is 8.43. The van der Waals surface area contributed by atoms with Crippen LogP contribution in [0.25, 0.3) is 0 Å². The summed E-state index contributed by atoms with van der Waals surface area (Å²) in [6, 6.07) is -0.638. The van der Waals surface area contributed by atoms with Crippen LogP contribution in [-0.2, 0) is 4.79 Å². The fourth-order valence-electron chi connectivity index (χ4n) is 1.70. The van der Waals surface area contributed by atoms with E-state index in [1.165, 1.54) is 12.5 Å². The van der Waals surface area contributed by atoms with Crippen LogP contribution in [0, 0.1) is 0 Å². The number of hydrogen-bond acceptors (Lipinski definition) is 5. The molecule has 1 atom stereocenters. The number of nitrogens with one attached hydrogen (secondary N) is 1. The Balaban J connectivity index is 2.30. The highest BCUT2D eigenvalue weighted by molar-refractivity contribution is 6.32. The first kappa shape index (κ1) is 11.1. The Morgan fingerprint density at radius 2 is 2.50 bits per heavy atom. The zero-order chi connectivity index (χ0) is 11.5. The van der Waals surface area contributed by atoms with Crippen molar-refractivity contribution in [3.63, 3.8) is 0 Å². The standard InChI is InChI=1S/C9H11ClN4O2/c10-6-3-12-5-13-8(6)14-2-1-11-4-7(14)9(15)16/h3,5,7,11H,1-2,4H2,(H,15,16). The minimum absolute atomic E-state index is 0.371. The minimum atomic E-state index is -0.887. The summed E-state index contributed by atoms with van der Waals surface area (Å²) in [7, 11) is 0. The molecule has 1 fully saturated rings. The molecule has 0 radical (unpaired) electrons. The molecule has 6 nitrogen and oxygen atoms in total. The third kappa shape index (κ3) is 2.07. The molecular weight excluding hydrogens is 232 g/mol. The van der Waals surface area contributed by atoms with E-state index in [-0.39, 0.29) is 0 Å². The number of nitrogens with zero attached hydrogens (tertiary/aromatic N) is 3. The maximum Gasteiger partial charge on any atom is 0.327 e. The van der Waals surface area contributed by atoms with E-state index in [9.17, 15) is 4.79 Å². The SMILES string of the molecule is O=C(O)C1CNCCN1c1ncncc1Cl. The van der Waals surface area contributed by atoms with Gasteiger partial charge in [0.15, 0.2) is 5.82 Å². The number of rotatable bonds is 2. The average Bonchev–Trinajstić information content (AvgIpc) is 2.29. The number of aromatic nitrogens is 2. The second-order valence-corrected chi connectivity index (χ2v) is 3.85. The molecule has 1 saturated heterocycles. The van der Waals surface area contributed by atoms with Crippen molar-refractivity contribution in [1.82, 2.24) is 15.3 Å². The van der Waals surface area contributed by atoms with Crippen LogP contribution in [0.4, 0.5) is 5.82 Å². The van der Waals surface area contributed by atoms with Crippen molar-refractivity contribution < 1.29 is 9.90 Å². The molecule has 2 heterocycles. The molecule has 1 aromatic heterocycles. The molecule has 1 aliphatic heterocycles. The summed E-state index contributed by atoms with van der Waals surface area (Å²) in [6.45, 7) is 1.66. The Morgan fingerprint density at radius 3 is 3.19 bits per heavy atom. The normalized spacial score (nSPS) is 20.8. The predicted molar refractivity (Wildman–Crippen MR) is 58.7 cm³/mol. The summed E-state index contributed by atoms with van der Waals surface area (Å²) in [6.07, 6.45) is 2.83. The molecule has 1 aromatic rings. The van der Waals surface area contributed by atoms with Crippen molar-refractivity contribution >= 4 is 23.4 Å². The van der Waals surface area contributed by atoms with Gasteiger partial charge in [0.2, 0.25) is 0 Å². The van der Waals surface area contributed by atoms with Crippen LogP contribution in [-0.4, -0.2) is 46.7 Å². The minimum Gasteiger partial charge on any atom is -0.480 e. The maximum atomic E-state index is 11.1. The van der Waals surface area contributed by atoms with E-state index in [0.29, 0.717) is 30.5 Å². The number of anilines is 1. The van der Waals surface area contributed by atoms with Crippen LogP contribution in [0.5, 0.6) is 0 Å². The molecular formula is C9H11ClN4O2. The monoisotopic (exact) mass is 242 g/mol. The van der Waals surface area contributed by atoms with Crippen molar-refractivity contribution in [2.75, 3.05) is 24.5 Å². The van der Waals surface area contributed by atoms with Gasteiger partial charge in [0.05, 0.1) is 6.20 Å². The van der Waals surface area contributed by atoms with Gasteiger partial charge in [-0.15, -0.1) is 0 Å². The Morgan fingerprint density at radius 1 is 1.69 bits per heavy atom. The largest absolute Gasteiger partial charge is 0.480 e. The molecule has 2 rings (SSSR count). The number of piperazine rings is 1. The third-order valence-corrected chi connectivity index (χ3v) is 2.72. The van der Waals surface area contributed by atoms with E-state index in [1.807, 2.05) is 0 Å². The first-order valence-corrected chi connectivity index (χ1v) is 5.23. The molecule has 16 heavy (non-hydrogen) atoms. The lowest BCUT2D eigenvalue weighted by atomic mass is 10.2. The third-order valence-electron chi connectivity index (χ3n) is 2.45. The summed E-state index contributed by atoms with van der Waals surface area (Å²) in [5, 5.41) is 12.5. The van der Waals surface area contributed by atoms with Gasteiger partial charge in [-0.05, 0) is 0 Å². The lowest BCUT2D eigenvalue weighted by molar-refractivity contribution is -0.138. The highest BCUT2D eigenvalue weighted by Gasteiger charge is 2.30. The van der Waals surface area contributed by atoms with Gasteiger partial charge in [-0.3, -0.25) is 0 Å². The van der Waals surface area contributed by atoms with Crippen molar-refractivity contribution in [2.24, 2.45) is 0 Å². The van der Waals surface area contributed by atoms with Gasteiger partial charge < -0.3 is 15.3 Å². The molecule has 0 bridgehead atoms. The molecule has 0 saturated carbocycles. The van der Waals surface area contributed by atoms with Crippen molar-refractivity contribution in [2.45, 2.75) is 6.04 Å². The van der Waals surface area contributed by atoms with Crippen LogP contribution in [0.3, 0.4) is 0 Å². The van der Waals surface area contributed by atoms with E-state index in [4.69, 9.17) is 16.7 Å². The highest BCUT2D eigenvalue weighted by atomic mass is 35.5. The number of aliphatic carboxylic acids is 1. The Bertz CT molecular complexity index is 401. The molecule has 1 unspecified atom stereocenters. The van der Waals surface area contributed by atoms with E-state index < -0.39 is 12.0 Å². The van der Waals surface area contributed by atoms with Gasteiger partial charge in [-0.2, -0.15) is 0 Å². The Hall–Kier alpha value is -1.40. The molecule has 2 N–H and O–H groups in total. The smallest absolute Gasteiger partial charge is 0.327 e. The second-order valence-electron chi connectivity index (χ2n) is 3.45. The van der Waals surface area contributed by atoms with Crippen LogP contribution in [0.1, 0.15) is 0 Å². The summed E-state index contributed by atoms with van der Waals surface area (Å²) in [5.74, 6) is -0.410. The van der Waals surface area contributed by atoms with Gasteiger partial charge >= 0.3 is 5.97 Å². The van der Waals surface area contributed by atoms with E-state index in [1.54, 1.807) is 4.90 Å². The molecule has 86 valence electrons. The van der Waals surface area contributed by atoms with Crippen molar-refractivity contribution in [3.05, 3.63) is 17.5 Å². The van der Waals surface area contributed by atoms with Gasteiger partial charge in [0.1, 0.15) is 17.4 Å². The number of halogens is 1. The quantitative estimate of drug-likeness (QED) is 0.760. The summed E-state index contributed by atoms with van der Waals surface area (Å²) in [4.78, 5) is 20.6. The van der Waals surface area contributed by atoms with Crippen LogP contribution < -0.4 is 10.2 Å². The first-order valence-electron chi connectivity index (χ1n) is 4.86. The zero-order valence-corrected chi connectivity index (χ0v) is 9.18. The molecule has 0 aromatic carbocycles. The van der Waals surface area contributed by atoms with Crippen molar-refractivity contribution in [1.29, 1.82) is 0 Å².